The van der Waals surface area contributed by atoms with Crippen molar-refractivity contribution in [2.75, 3.05) is 12.4 Å². The van der Waals surface area contributed by atoms with E-state index in [1.165, 1.54) is 19.0 Å². The second-order valence-corrected chi connectivity index (χ2v) is 7.99. The van der Waals surface area contributed by atoms with Gasteiger partial charge in [0.05, 0.1) is 25.0 Å². The Kier molecular flexibility index (Phi) is 5.07. The first-order chi connectivity index (χ1) is 15.1. The van der Waals surface area contributed by atoms with Crippen LogP contribution in [0, 0.1) is 0 Å². The summed E-state index contributed by atoms with van der Waals surface area (Å²) < 4.78 is 9.05. The number of rotatable bonds is 5. The van der Waals surface area contributed by atoms with E-state index >= 15 is 0 Å². The van der Waals surface area contributed by atoms with E-state index < -0.39 is 0 Å². The van der Waals surface area contributed by atoms with E-state index in [2.05, 4.69) is 15.4 Å². The van der Waals surface area contributed by atoms with Gasteiger partial charge in [-0.05, 0) is 37.1 Å². The molecule has 0 bridgehead atoms. The molecule has 0 saturated heterocycles. The van der Waals surface area contributed by atoms with Gasteiger partial charge in [0.15, 0.2) is 5.65 Å². The third-order valence-corrected chi connectivity index (χ3v) is 5.85. The maximum absolute atomic E-state index is 13.1. The lowest BCUT2D eigenvalue weighted by atomic mass is 10.1. The fourth-order valence-electron chi connectivity index (χ4n) is 4.08. The van der Waals surface area contributed by atoms with Gasteiger partial charge in [-0.2, -0.15) is 10.2 Å². The smallest absolute Gasteiger partial charge is 0.261 e. The molecule has 31 heavy (non-hydrogen) atoms. The van der Waals surface area contributed by atoms with Crippen LogP contribution in [0.2, 0.25) is 5.02 Å². The number of nitrogens with one attached hydrogen (secondary N) is 1. The molecule has 1 fully saturated rings. The Labute approximate surface area is 183 Å². The second-order valence-electron chi connectivity index (χ2n) is 7.55. The van der Waals surface area contributed by atoms with Crippen LogP contribution in [0.15, 0.2) is 49.1 Å². The highest BCUT2D eigenvalue weighted by atomic mass is 35.5. The molecule has 1 amide bonds. The van der Waals surface area contributed by atoms with Crippen LogP contribution < -0.4 is 10.1 Å². The minimum atomic E-state index is -0.304. The predicted molar refractivity (Wildman–Crippen MR) is 118 cm³/mol. The number of anilines is 1. The number of fused-ring (bicyclic) bond motifs is 1. The van der Waals surface area contributed by atoms with Gasteiger partial charge in [0.25, 0.3) is 5.91 Å². The van der Waals surface area contributed by atoms with E-state index in [1.807, 2.05) is 10.9 Å². The van der Waals surface area contributed by atoms with E-state index in [0.29, 0.717) is 39.4 Å². The molecular formula is C22H21ClN6O2. The van der Waals surface area contributed by atoms with E-state index in [9.17, 15) is 4.79 Å². The van der Waals surface area contributed by atoms with E-state index in [1.54, 1.807) is 48.3 Å². The Hall–Kier alpha value is -3.39. The number of aromatic nitrogens is 5. The van der Waals surface area contributed by atoms with Gasteiger partial charge in [0, 0.05) is 29.2 Å². The number of methoxy groups -OCH3 is 1. The zero-order valence-electron chi connectivity index (χ0n) is 17.0. The number of carbonyl (C=O) groups is 1. The first kappa shape index (κ1) is 19.6. The van der Waals surface area contributed by atoms with Crippen molar-refractivity contribution in [2.24, 2.45) is 0 Å². The van der Waals surface area contributed by atoms with Gasteiger partial charge < -0.3 is 10.1 Å². The average Bonchev–Trinajstić information content (AvgIpc) is 3.53. The monoisotopic (exact) mass is 436 g/mol. The fourth-order valence-corrected chi connectivity index (χ4v) is 4.25. The summed E-state index contributed by atoms with van der Waals surface area (Å²) in [7, 11) is 1.60. The van der Waals surface area contributed by atoms with Crippen LogP contribution >= 0.6 is 11.6 Å². The van der Waals surface area contributed by atoms with Gasteiger partial charge in [-0.1, -0.05) is 24.4 Å². The largest absolute Gasteiger partial charge is 0.496 e. The number of nitrogens with zero attached hydrogens (tertiary/aromatic N) is 5. The Balaban J connectivity index is 1.57. The van der Waals surface area contributed by atoms with Crippen LogP contribution in [-0.2, 0) is 0 Å². The molecular weight excluding hydrogens is 416 g/mol. The number of carbonyl (C=O) groups excluding carboxylic acids is 1. The van der Waals surface area contributed by atoms with Gasteiger partial charge in [-0.3, -0.25) is 9.48 Å². The SMILES string of the molecule is COc1ccc(Cl)cc1-c1nn(C2CCCC2)cc1NC(=O)c1cnn2cccnc12. The van der Waals surface area contributed by atoms with E-state index in [4.69, 9.17) is 21.4 Å². The summed E-state index contributed by atoms with van der Waals surface area (Å²) >= 11 is 6.27. The topological polar surface area (TPSA) is 86.3 Å². The molecule has 0 unspecified atom stereocenters. The maximum atomic E-state index is 13.1. The second kappa shape index (κ2) is 8.03. The van der Waals surface area contributed by atoms with E-state index in [0.717, 1.165) is 18.4 Å². The normalized spacial score (nSPS) is 14.3. The van der Waals surface area contributed by atoms with Crippen LogP contribution in [0.1, 0.15) is 42.1 Å². The summed E-state index contributed by atoms with van der Waals surface area (Å²) in [5.41, 5.74) is 2.81. The molecule has 8 nitrogen and oxygen atoms in total. The van der Waals surface area contributed by atoms with Crippen molar-refractivity contribution >= 4 is 28.8 Å². The molecule has 3 heterocycles. The van der Waals surface area contributed by atoms with E-state index in [-0.39, 0.29) is 5.91 Å². The third-order valence-electron chi connectivity index (χ3n) is 5.62. The molecule has 1 saturated carbocycles. The number of benzene rings is 1. The molecule has 0 spiro atoms. The van der Waals surface area contributed by atoms with Crippen molar-refractivity contribution in [3.8, 4) is 17.0 Å². The van der Waals surface area contributed by atoms with Crippen LogP contribution in [0.4, 0.5) is 5.69 Å². The molecule has 158 valence electrons. The quantitative estimate of drug-likeness (QED) is 0.493. The molecule has 1 aliphatic rings. The molecule has 1 aliphatic carbocycles. The molecule has 3 aromatic heterocycles. The number of halogens is 1. The van der Waals surface area contributed by atoms with Crippen molar-refractivity contribution in [1.82, 2.24) is 24.4 Å². The highest BCUT2D eigenvalue weighted by Gasteiger charge is 2.24. The predicted octanol–water partition coefficient (Wildman–Crippen LogP) is 4.62. The molecule has 1 N–H and O–H groups in total. The molecule has 5 rings (SSSR count). The molecule has 4 aromatic rings. The summed E-state index contributed by atoms with van der Waals surface area (Å²) in [6.07, 6.45) is 11.3. The fraction of sp³-hybridized carbons (Fsp3) is 0.273. The minimum absolute atomic E-state index is 0.304. The van der Waals surface area contributed by atoms with Crippen LogP contribution in [-0.4, -0.2) is 37.4 Å². The molecule has 0 atom stereocenters. The Morgan fingerprint density at radius 3 is 2.94 bits per heavy atom. The first-order valence-corrected chi connectivity index (χ1v) is 10.5. The lowest BCUT2D eigenvalue weighted by molar-refractivity contribution is 0.102. The summed E-state index contributed by atoms with van der Waals surface area (Å²) in [5, 5.41) is 12.6. The zero-order valence-corrected chi connectivity index (χ0v) is 17.7. The van der Waals surface area contributed by atoms with Crippen molar-refractivity contribution in [3.05, 3.63) is 59.6 Å². The highest BCUT2D eigenvalue weighted by molar-refractivity contribution is 6.31. The van der Waals surface area contributed by atoms with Crippen LogP contribution in [0.5, 0.6) is 5.75 Å². The standard InChI is InChI=1S/C22H21ClN6O2/c1-31-19-8-7-14(23)11-16(19)20-18(13-29(27-20)15-5-2-3-6-15)26-22(30)17-12-25-28-10-4-9-24-21(17)28/h4,7-13,15H,2-3,5-6H2,1H3,(H,26,30). The Morgan fingerprint density at radius 2 is 2.13 bits per heavy atom. The van der Waals surface area contributed by atoms with Crippen molar-refractivity contribution < 1.29 is 9.53 Å². The molecule has 0 radical (unpaired) electrons. The number of amides is 1. The number of hydrogen-bond acceptors (Lipinski definition) is 5. The molecule has 9 heteroatoms. The summed E-state index contributed by atoms with van der Waals surface area (Å²) in [6, 6.07) is 7.44. The van der Waals surface area contributed by atoms with Gasteiger partial charge in [0.2, 0.25) is 0 Å². The van der Waals surface area contributed by atoms with Crippen molar-refractivity contribution in [1.29, 1.82) is 0 Å². The lowest BCUT2D eigenvalue weighted by Crippen LogP contribution is -2.12. The summed E-state index contributed by atoms with van der Waals surface area (Å²) in [6.45, 7) is 0. The first-order valence-electron chi connectivity index (χ1n) is 10.2. The van der Waals surface area contributed by atoms with Gasteiger partial charge in [-0.15, -0.1) is 0 Å². The maximum Gasteiger partial charge on any atom is 0.261 e. The third kappa shape index (κ3) is 3.63. The number of ether oxygens (including phenoxy) is 1. The van der Waals surface area contributed by atoms with Gasteiger partial charge in [-0.25, -0.2) is 9.50 Å². The molecule has 0 aliphatic heterocycles. The Bertz CT molecular complexity index is 1260. The van der Waals surface area contributed by atoms with Crippen molar-refractivity contribution in [3.63, 3.8) is 0 Å². The Morgan fingerprint density at radius 1 is 1.29 bits per heavy atom. The highest BCUT2D eigenvalue weighted by Crippen LogP contribution is 2.38. The molecule has 1 aromatic carbocycles. The van der Waals surface area contributed by atoms with Gasteiger partial charge in [0.1, 0.15) is 17.0 Å². The summed E-state index contributed by atoms with van der Waals surface area (Å²) in [4.78, 5) is 17.4. The van der Waals surface area contributed by atoms with Crippen molar-refractivity contribution in [2.45, 2.75) is 31.7 Å². The number of hydrogen-bond donors (Lipinski definition) is 1. The lowest BCUT2D eigenvalue weighted by Gasteiger charge is -2.10. The minimum Gasteiger partial charge on any atom is -0.496 e. The van der Waals surface area contributed by atoms with Gasteiger partial charge >= 0.3 is 0 Å². The average molecular weight is 437 g/mol. The zero-order chi connectivity index (χ0) is 21.4. The summed E-state index contributed by atoms with van der Waals surface area (Å²) in [5.74, 6) is 0.330. The van der Waals surface area contributed by atoms with Crippen LogP contribution in [0.3, 0.4) is 0 Å². The van der Waals surface area contributed by atoms with Crippen LogP contribution in [0.25, 0.3) is 16.9 Å².